The Hall–Kier alpha value is -1.28. The second-order valence-electron chi connectivity index (χ2n) is 4.99. The Labute approximate surface area is 102 Å². The Bertz CT molecular complexity index is 469. The zero-order valence-corrected chi connectivity index (χ0v) is 10.3. The van der Waals surface area contributed by atoms with Gasteiger partial charge in [-0.2, -0.15) is 0 Å². The Morgan fingerprint density at radius 1 is 1.35 bits per heavy atom. The summed E-state index contributed by atoms with van der Waals surface area (Å²) in [5.41, 5.74) is 1.02. The molecule has 2 heteroatoms. The van der Waals surface area contributed by atoms with E-state index in [4.69, 9.17) is 4.42 Å². The normalized spacial score (nSPS) is 23.1. The zero-order chi connectivity index (χ0) is 11.7. The van der Waals surface area contributed by atoms with Crippen LogP contribution in [0.5, 0.6) is 0 Å². The van der Waals surface area contributed by atoms with Gasteiger partial charge in [-0.25, -0.2) is 0 Å². The number of hydrogen-bond donors (Lipinski definition) is 1. The third-order valence-electron chi connectivity index (χ3n) is 3.57. The van der Waals surface area contributed by atoms with Gasteiger partial charge < -0.3 is 9.73 Å². The molecule has 1 aromatic carbocycles. The van der Waals surface area contributed by atoms with E-state index in [0.29, 0.717) is 5.92 Å². The SMILES string of the molecule is CCCNCC1CC1c1cc2ccccc2o1. The van der Waals surface area contributed by atoms with Crippen molar-refractivity contribution in [3.05, 3.63) is 36.1 Å². The summed E-state index contributed by atoms with van der Waals surface area (Å²) in [6, 6.07) is 10.5. The van der Waals surface area contributed by atoms with Crippen LogP contribution in [-0.4, -0.2) is 13.1 Å². The van der Waals surface area contributed by atoms with Gasteiger partial charge in [0.25, 0.3) is 0 Å². The first-order valence-electron chi connectivity index (χ1n) is 6.57. The molecule has 17 heavy (non-hydrogen) atoms. The van der Waals surface area contributed by atoms with Crippen LogP contribution in [0.25, 0.3) is 11.0 Å². The minimum absolute atomic E-state index is 0.645. The highest BCUT2D eigenvalue weighted by Crippen LogP contribution is 2.48. The predicted molar refractivity (Wildman–Crippen MR) is 70.2 cm³/mol. The van der Waals surface area contributed by atoms with Crippen molar-refractivity contribution < 1.29 is 4.42 Å². The van der Waals surface area contributed by atoms with E-state index in [2.05, 4.69) is 30.4 Å². The Morgan fingerprint density at radius 2 is 2.24 bits per heavy atom. The summed E-state index contributed by atoms with van der Waals surface area (Å²) in [6.45, 7) is 4.47. The first-order chi connectivity index (χ1) is 8.38. The number of para-hydroxylation sites is 1. The van der Waals surface area contributed by atoms with Crippen LogP contribution in [-0.2, 0) is 0 Å². The molecule has 2 atom stereocenters. The van der Waals surface area contributed by atoms with Crippen LogP contribution in [0.2, 0.25) is 0 Å². The van der Waals surface area contributed by atoms with Crippen LogP contribution in [0, 0.1) is 5.92 Å². The molecular formula is C15H19NO. The van der Waals surface area contributed by atoms with E-state index < -0.39 is 0 Å². The van der Waals surface area contributed by atoms with E-state index in [1.54, 1.807) is 0 Å². The lowest BCUT2D eigenvalue weighted by molar-refractivity contribution is 0.531. The number of nitrogens with one attached hydrogen (secondary N) is 1. The van der Waals surface area contributed by atoms with Gasteiger partial charge in [0.05, 0.1) is 0 Å². The van der Waals surface area contributed by atoms with Crippen LogP contribution < -0.4 is 5.32 Å². The quantitative estimate of drug-likeness (QED) is 0.793. The van der Waals surface area contributed by atoms with Crippen LogP contribution in [0.4, 0.5) is 0 Å². The molecule has 1 aliphatic rings. The number of rotatable bonds is 5. The second-order valence-corrected chi connectivity index (χ2v) is 4.99. The summed E-state index contributed by atoms with van der Waals surface area (Å²) >= 11 is 0. The van der Waals surface area contributed by atoms with Crippen molar-refractivity contribution in [2.75, 3.05) is 13.1 Å². The summed E-state index contributed by atoms with van der Waals surface area (Å²) in [7, 11) is 0. The molecule has 1 heterocycles. The summed E-state index contributed by atoms with van der Waals surface area (Å²) in [4.78, 5) is 0. The molecule has 1 aromatic heterocycles. The van der Waals surface area contributed by atoms with Crippen LogP contribution in [0.1, 0.15) is 31.4 Å². The number of hydrogen-bond acceptors (Lipinski definition) is 2. The lowest BCUT2D eigenvalue weighted by Gasteiger charge is -2.00. The van der Waals surface area contributed by atoms with Gasteiger partial charge >= 0.3 is 0 Å². The molecule has 0 aliphatic heterocycles. The van der Waals surface area contributed by atoms with Gasteiger partial charge in [-0.3, -0.25) is 0 Å². The maximum Gasteiger partial charge on any atom is 0.134 e. The van der Waals surface area contributed by atoms with Crippen LogP contribution >= 0.6 is 0 Å². The molecule has 2 nitrogen and oxygen atoms in total. The van der Waals surface area contributed by atoms with E-state index in [-0.39, 0.29) is 0 Å². The van der Waals surface area contributed by atoms with Crippen LogP contribution in [0.15, 0.2) is 34.7 Å². The molecule has 0 spiro atoms. The highest BCUT2D eigenvalue weighted by molar-refractivity contribution is 5.77. The molecule has 0 bridgehead atoms. The summed E-state index contributed by atoms with van der Waals surface area (Å²) in [5, 5.41) is 4.72. The first kappa shape index (κ1) is 10.8. The van der Waals surface area contributed by atoms with Gasteiger partial charge in [-0.1, -0.05) is 25.1 Å². The number of benzene rings is 1. The van der Waals surface area contributed by atoms with Gasteiger partial charge in [0.2, 0.25) is 0 Å². The lowest BCUT2D eigenvalue weighted by Crippen LogP contribution is -2.17. The fraction of sp³-hybridized carbons (Fsp3) is 0.467. The molecule has 1 saturated carbocycles. The highest BCUT2D eigenvalue weighted by atomic mass is 16.3. The van der Waals surface area contributed by atoms with Crippen molar-refractivity contribution >= 4 is 11.0 Å². The Kier molecular flexibility index (Phi) is 2.89. The predicted octanol–water partition coefficient (Wildman–Crippen LogP) is 3.54. The minimum atomic E-state index is 0.645. The molecule has 1 N–H and O–H groups in total. The van der Waals surface area contributed by atoms with E-state index in [9.17, 15) is 0 Å². The monoisotopic (exact) mass is 229 g/mol. The van der Waals surface area contributed by atoms with E-state index in [0.717, 1.165) is 24.6 Å². The smallest absolute Gasteiger partial charge is 0.134 e. The summed E-state index contributed by atoms with van der Waals surface area (Å²) < 4.78 is 5.90. The van der Waals surface area contributed by atoms with Crippen molar-refractivity contribution in [2.24, 2.45) is 5.92 Å². The lowest BCUT2D eigenvalue weighted by atomic mass is 10.2. The van der Waals surface area contributed by atoms with Gasteiger partial charge in [0, 0.05) is 11.3 Å². The largest absolute Gasteiger partial charge is 0.461 e. The standard InChI is InChI=1S/C15H19NO/c1-2-7-16-10-12-8-13(12)15-9-11-5-3-4-6-14(11)17-15/h3-6,9,12-13,16H,2,7-8,10H2,1H3. The average Bonchev–Trinajstić information content (AvgIpc) is 2.99. The topological polar surface area (TPSA) is 25.2 Å². The second kappa shape index (κ2) is 4.53. The van der Waals surface area contributed by atoms with Gasteiger partial charge in [0.15, 0.2) is 0 Å². The van der Waals surface area contributed by atoms with Crippen LogP contribution in [0.3, 0.4) is 0 Å². The maximum absolute atomic E-state index is 5.90. The van der Waals surface area contributed by atoms with Crippen molar-refractivity contribution in [3.8, 4) is 0 Å². The Balaban J connectivity index is 1.66. The van der Waals surface area contributed by atoms with Crippen molar-refractivity contribution in [1.29, 1.82) is 0 Å². The molecular weight excluding hydrogens is 210 g/mol. The fourth-order valence-electron chi connectivity index (χ4n) is 2.47. The molecule has 0 amide bonds. The van der Waals surface area contributed by atoms with Crippen molar-refractivity contribution in [2.45, 2.75) is 25.7 Å². The molecule has 2 unspecified atom stereocenters. The molecule has 0 saturated heterocycles. The Morgan fingerprint density at radius 3 is 3.06 bits per heavy atom. The van der Waals surface area contributed by atoms with E-state index in [1.165, 1.54) is 24.0 Å². The highest BCUT2D eigenvalue weighted by Gasteiger charge is 2.40. The van der Waals surface area contributed by atoms with Gasteiger partial charge in [-0.05, 0) is 44.0 Å². The van der Waals surface area contributed by atoms with Crippen molar-refractivity contribution in [1.82, 2.24) is 5.32 Å². The zero-order valence-electron chi connectivity index (χ0n) is 10.3. The van der Waals surface area contributed by atoms with Gasteiger partial charge in [0.1, 0.15) is 11.3 Å². The summed E-state index contributed by atoms with van der Waals surface area (Å²) in [6.07, 6.45) is 2.48. The molecule has 1 aliphatic carbocycles. The van der Waals surface area contributed by atoms with Crippen molar-refractivity contribution in [3.63, 3.8) is 0 Å². The molecule has 90 valence electrons. The summed E-state index contributed by atoms with van der Waals surface area (Å²) in [5.74, 6) is 2.60. The third kappa shape index (κ3) is 2.22. The van der Waals surface area contributed by atoms with Gasteiger partial charge in [-0.15, -0.1) is 0 Å². The van der Waals surface area contributed by atoms with E-state index >= 15 is 0 Å². The van der Waals surface area contributed by atoms with E-state index in [1.807, 2.05) is 12.1 Å². The number of furan rings is 1. The minimum Gasteiger partial charge on any atom is -0.461 e. The average molecular weight is 229 g/mol. The maximum atomic E-state index is 5.90. The third-order valence-corrected chi connectivity index (χ3v) is 3.57. The number of fused-ring (bicyclic) bond motifs is 1. The molecule has 3 rings (SSSR count). The molecule has 2 aromatic rings. The fourth-order valence-corrected chi connectivity index (χ4v) is 2.47. The molecule has 1 fully saturated rings. The molecule has 0 radical (unpaired) electrons. The first-order valence-corrected chi connectivity index (χ1v) is 6.57.